The summed E-state index contributed by atoms with van der Waals surface area (Å²) in [4.78, 5) is 38.6. The molecule has 2 aliphatic rings. The zero-order chi connectivity index (χ0) is 33.1. The van der Waals surface area contributed by atoms with Gasteiger partial charge in [-0.05, 0) is 54.9 Å². The molecule has 1 aliphatic heterocycles. The van der Waals surface area contributed by atoms with Crippen molar-refractivity contribution in [1.29, 1.82) is 0 Å². The van der Waals surface area contributed by atoms with Gasteiger partial charge in [-0.3, -0.25) is 4.79 Å². The van der Waals surface area contributed by atoms with Gasteiger partial charge >= 0.3 is 12.2 Å². The molecule has 10 atom stereocenters. The number of nitrogens with one attached hydrogen (secondary N) is 2. The second-order valence-electron chi connectivity index (χ2n) is 13.3. The van der Waals surface area contributed by atoms with E-state index in [9.17, 15) is 34.8 Å². The fraction of sp³-hybridized carbons (Fsp3) is 0.889. The van der Waals surface area contributed by atoms with Crippen LogP contribution in [0.5, 0.6) is 0 Å². The maximum absolute atomic E-state index is 12.9. The highest BCUT2D eigenvalue weighted by Gasteiger charge is 2.53. The largest absolute Gasteiger partial charge is 0.444 e. The molecule has 3 amide bonds. The third-order valence-electron chi connectivity index (χ3n) is 6.93. The van der Waals surface area contributed by atoms with E-state index in [4.69, 9.17) is 29.4 Å². The van der Waals surface area contributed by atoms with Crippen LogP contribution < -0.4 is 16.4 Å². The number of hydrogen-bond donors (Lipinski definition) is 7. The number of nitrogens with two attached hydrogens (primary N) is 1. The Labute approximate surface area is 252 Å². The van der Waals surface area contributed by atoms with E-state index in [0.29, 0.717) is 0 Å². The van der Waals surface area contributed by atoms with Crippen LogP contribution >= 0.6 is 0 Å². The second-order valence-corrected chi connectivity index (χ2v) is 13.3. The van der Waals surface area contributed by atoms with Crippen LogP contribution in [0.1, 0.15) is 54.9 Å². The topological polar surface area (TPSA) is 232 Å². The number of carbonyl (C=O) groups excluding carboxylic acids is 3. The van der Waals surface area contributed by atoms with Crippen LogP contribution in [-0.4, -0.2) is 142 Å². The van der Waals surface area contributed by atoms with E-state index in [1.165, 1.54) is 21.1 Å². The average Bonchev–Trinajstić information content (AvgIpc) is 2.83. The monoisotopic (exact) mass is 622 g/mol. The van der Waals surface area contributed by atoms with Gasteiger partial charge < -0.3 is 65.4 Å². The van der Waals surface area contributed by atoms with Gasteiger partial charge in [-0.2, -0.15) is 0 Å². The van der Waals surface area contributed by atoms with E-state index in [-0.39, 0.29) is 13.0 Å². The lowest BCUT2D eigenvalue weighted by Gasteiger charge is -2.50. The second kappa shape index (κ2) is 14.2. The van der Waals surface area contributed by atoms with Gasteiger partial charge in [0.25, 0.3) is 5.91 Å². The van der Waals surface area contributed by atoms with Gasteiger partial charge in [0.05, 0.1) is 25.2 Å². The highest BCUT2D eigenvalue weighted by molar-refractivity contribution is 5.81. The summed E-state index contributed by atoms with van der Waals surface area (Å²) in [6.07, 6.45) is -10.1. The number of amides is 3. The average molecular weight is 623 g/mol. The van der Waals surface area contributed by atoms with Gasteiger partial charge in [0.1, 0.15) is 47.3 Å². The summed E-state index contributed by atoms with van der Waals surface area (Å²) in [5.74, 6) is -0.902. The van der Waals surface area contributed by atoms with Gasteiger partial charge in [0.2, 0.25) is 0 Å². The molecule has 1 heterocycles. The first-order valence-electron chi connectivity index (χ1n) is 14.1. The maximum Gasteiger partial charge on any atom is 0.410 e. The maximum atomic E-state index is 12.9. The first-order chi connectivity index (χ1) is 19.6. The normalized spacial score (nSPS) is 34.1. The lowest BCUT2D eigenvalue weighted by atomic mass is 9.83. The van der Waals surface area contributed by atoms with Crippen LogP contribution in [0.4, 0.5) is 9.59 Å². The Morgan fingerprint density at radius 3 is 2.19 bits per heavy atom. The van der Waals surface area contributed by atoms with Crippen molar-refractivity contribution in [3.8, 4) is 0 Å². The summed E-state index contributed by atoms with van der Waals surface area (Å²) in [5, 5.41) is 48.6. The number of hydrogen-bond acceptors (Lipinski definition) is 13. The zero-order valence-corrected chi connectivity index (χ0v) is 26.4. The molecule has 0 bridgehead atoms. The van der Waals surface area contributed by atoms with E-state index in [0.717, 1.165) is 4.90 Å². The molecular weight excluding hydrogens is 572 g/mol. The summed E-state index contributed by atoms with van der Waals surface area (Å²) in [5.41, 5.74) is 2.84. The van der Waals surface area contributed by atoms with Gasteiger partial charge in [0.15, 0.2) is 6.29 Å². The number of likely N-dealkylation sites (N-methyl/N-ethyl adjacent to an activating group) is 1. The van der Waals surface area contributed by atoms with Crippen molar-refractivity contribution in [2.45, 2.75) is 127 Å². The Morgan fingerprint density at radius 2 is 1.65 bits per heavy atom. The lowest BCUT2D eigenvalue weighted by molar-refractivity contribution is -0.306. The molecule has 0 radical (unpaired) electrons. The van der Waals surface area contributed by atoms with Crippen LogP contribution in [-0.2, 0) is 28.5 Å². The molecule has 1 saturated carbocycles. The number of nitrogens with zero attached hydrogens (tertiary/aromatic N) is 1. The third kappa shape index (κ3) is 10.1. The van der Waals surface area contributed by atoms with Gasteiger partial charge in [-0.25, -0.2) is 9.59 Å². The van der Waals surface area contributed by atoms with Crippen molar-refractivity contribution in [3.63, 3.8) is 0 Å². The summed E-state index contributed by atoms with van der Waals surface area (Å²) >= 11 is 0. The highest BCUT2D eigenvalue weighted by atomic mass is 16.7. The first-order valence-corrected chi connectivity index (χ1v) is 14.1. The number of carbonyl (C=O) groups is 3. The molecular formula is C27H50N4O12. The predicted octanol–water partition coefficient (Wildman–Crippen LogP) is -1.45. The molecule has 16 nitrogen and oxygen atoms in total. The van der Waals surface area contributed by atoms with E-state index in [2.05, 4.69) is 10.6 Å². The van der Waals surface area contributed by atoms with E-state index in [1.54, 1.807) is 41.5 Å². The molecule has 2 rings (SSSR count). The SMILES string of the molecule is CO[C@H]1[C@H](O)[C@@H](O[C@H]2OC[C@](C)(O)[C@H](N(C)C(=O)OC(C)(C)C)[C@H]2O)[C@H](NC(=O)[C@H](O)CNC(=O)OC(C)(C)C)C[C@@H]1N. The van der Waals surface area contributed by atoms with Crippen LogP contribution in [0.15, 0.2) is 0 Å². The number of ether oxygens (including phenoxy) is 5. The smallest absolute Gasteiger partial charge is 0.410 e. The van der Waals surface area contributed by atoms with E-state index >= 15 is 0 Å². The summed E-state index contributed by atoms with van der Waals surface area (Å²) in [6.45, 7) is 10.5. The predicted molar refractivity (Wildman–Crippen MR) is 151 cm³/mol. The van der Waals surface area contributed by atoms with Crippen LogP contribution in [0.25, 0.3) is 0 Å². The van der Waals surface area contributed by atoms with E-state index < -0.39 is 96.4 Å². The Kier molecular flexibility index (Phi) is 12.2. The number of methoxy groups -OCH3 is 1. The molecule has 0 aromatic rings. The minimum absolute atomic E-state index is 0.0277. The van der Waals surface area contributed by atoms with Gasteiger partial charge in [-0.15, -0.1) is 0 Å². The molecule has 8 N–H and O–H groups in total. The van der Waals surface area contributed by atoms with Crippen molar-refractivity contribution < 1.29 is 58.5 Å². The molecule has 1 saturated heterocycles. The van der Waals surface area contributed by atoms with Crippen molar-refractivity contribution >= 4 is 18.1 Å². The van der Waals surface area contributed by atoms with Crippen LogP contribution in [0, 0.1) is 0 Å². The van der Waals surface area contributed by atoms with Crippen molar-refractivity contribution in [2.75, 3.05) is 27.3 Å². The Bertz CT molecular complexity index is 969. The number of rotatable bonds is 8. The first kappa shape index (κ1) is 36.9. The van der Waals surface area contributed by atoms with Crippen LogP contribution in [0.2, 0.25) is 0 Å². The summed E-state index contributed by atoms with van der Waals surface area (Å²) in [7, 11) is 2.69. The molecule has 16 heteroatoms. The minimum Gasteiger partial charge on any atom is -0.444 e. The quantitative estimate of drug-likeness (QED) is 0.164. The molecule has 250 valence electrons. The fourth-order valence-electron chi connectivity index (χ4n) is 5.06. The zero-order valence-electron chi connectivity index (χ0n) is 26.4. The molecule has 43 heavy (non-hydrogen) atoms. The minimum atomic E-state index is -1.72. The highest BCUT2D eigenvalue weighted by Crippen LogP contribution is 2.33. The fourth-order valence-corrected chi connectivity index (χ4v) is 5.06. The molecule has 0 aromatic carbocycles. The van der Waals surface area contributed by atoms with Crippen molar-refractivity contribution in [1.82, 2.24) is 15.5 Å². The summed E-state index contributed by atoms with van der Waals surface area (Å²) < 4.78 is 27.4. The Balaban J connectivity index is 2.22. The Morgan fingerprint density at radius 1 is 1.07 bits per heavy atom. The molecule has 0 spiro atoms. The van der Waals surface area contributed by atoms with E-state index in [1.807, 2.05) is 0 Å². The molecule has 0 aromatic heterocycles. The van der Waals surface area contributed by atoms with Crippen molar-refractivity contribution in [2.24, 2.45) is 5.73 Å². The van der Waals surface area contributed by atoms with Crippen LogP contribution in [0.3, 0.4) is 0 Å². The molecule has 2 fully saturated rings. The number of aliphatic hydroxyl groups is 4. The molecule has 1 aliphatic carbocycles. The van der Waals surface area contributed by atoms with Gasteiger partial charge in [0, 0.05) is 20.2 Å². The summed E-state index contributed by atoms with van der Waals surface area (Å²) in [6, 6.07) is -3.03. The van der Waals surface area contributed by atoms with Crippen molar-refractivity contribution in [3.05, 3.63) is 0 Å². The number of aliphatic hydroxyl groups excluding tert-OH is 3. The van der Waals surface area contributed by atoms with Gasteiger partial charge in [-0.1, -0.05) is 0 Å². The third-order valence-corrected chi connectivity index (χ3v) is 6.93. The standard InChI is InChI=1S/C27H50N4O12/c1-25(2,3)42-23(36)29-11-15(32)21(35)30-14-10-13(28)18(39-9)16(33)19(14)41-22-17(34)20(27(7,38)12-40-22)31(8)24(37)43-26(4,5)6/h13-20,22,32-34,38H,10-12,28H2,1-9H3,(H,29,36)(H,30,35)/t13-,14+,15+,16-,17+,18+,19-,20+,22+,27-/m0/s1. The number of alkyl carbamates (subject to hydrolysis) is 1. The molecule has 0 unspecified atom stereocenters. The lowest BCUT2D eigenvalue weighted by Crippen LogP contribution is -2.70. The Hall–Kier alpha value is -2.31.